The second-order valence-electron chi connectivity index (χ2n) is 3.18. The van der Waals surface area contributed by atoms with Gasteiger partial charge in [0.2, 0.25) is 5.91 Å². The van der Waals surface area contributed by atoms with E-state index in [1.165, 1.54) is 6.20 Å². The summed E-state index contributed by atoms with van der Waals surface area (Å²) in [5, 5.41) is 2.58. The molecule has 1 rings (SSSR count). The number of H-pyrrole nitrogens is 1. The van der Waals surface area contributed by atoms with Crippen LogP contribution in [0.1, 0.15) is 12.5 Å². The number of hydrogen-bond acceptors (Lipinski definition) is 3. The number of aryl methyl sites for hydroxylation is 1. The lowest BCUT2D eigenvalue weighted by Crippen LogP contribution is -2.32. The van der Waals surface area contributed by atoms with Crippen LogP contribution in [-0.2, 0) is 4.79 Å². The number of nitrogens with one attached hydrogen (secondary N) is 2. The van der Waals surface area contributed by atoms with E-state index in [9.17, 15) is 9.59 Å². The smallest absolute Gasteiger partial charge is 0.250 e. The van der Waals surface area contributed by atoms with Gasteiger partial charge in [0.1, 0.15) is 0 Å². The van der Waals surface area contributed by atoms with E-state index in [-0.39, 0.29) is 11.5 Å². The lowest BCUT2D eigenvalue weighted by Gasteiger charge is -2.07. The molecule has 1 aromatic rings. The summed E-state index contributed by atoms with van der Waals surface area (Å²) in [6.07, 6.45) is 1.44. The molecule has 0 saturated carbocycles. The van der Waals surface area contributed by atoms with Crippen molar-refractivity contribution in [1.29, 1.82) is 0 Å². The molecule has 1 heterocycles. The van der Waals surface area contributed by atoms with E-state index in [0.717, 1.165) is 0 Å². The topological polar surface area (TPSA) is 88.0 Å². The van der Waals surface area contributed by atoms with Crippen LogP contribution in [0.25, 0.3) is 0 Å². The van der Waals surface area contributed by atoms with Crippen LogP contribution in [0.3, 0.4) is 0 Å². The van der Waals surface area contributed by atoms with Gasteiger partial charge >= 0.3 is 0 Å². The summed E-state index contributed by atoms with van der Waals surface area (Å²) in [5.41, 5.74) is 6.30. The summed E-state index contributed by atoms with van der Waals surface area (Å²) >= 11 is 0. The molecule has 4 N–H and O–H groups in total. The van der Waals surface area contributed by atoms with Crippen molar-refractivity contribution in [2.24, 2.45) is 5.73 Å². The Bertz CT molecular complexity index is 395. The summed E-state index contributed by atoms with van der Waals surface area (Å²) in [6.45, 7) is 3.26. The summed E-state index contributed by atoms with van der Waals surface area (Å²) in [4.78, 5) is 24.7. The summed E-state index contributed by atoms with van der Waals surface area (Å²) < 4.78 is 0. The molecule has 14 heavy (non-hydrogen) atoms. The third-order valence-electron chi connectivity index (χ3n) is 1.77. The number of anilines is 1. The van der Waals surface area contributed by atoms with Gasteiger partial charge in [0.05, 0.1) is 11.7 Å². The highest BCUT2D eigenvalue weighted by Gasteiger charge is 2.07. The fourth-order valence-electron chi connectivity index (χ4n) is 0.926. The molecule has 0 aromatic carbocycles. The summed E-state index contributed by atoms with van der Waals surface area (Å²) in [5.74, 6) is -0.281. The average molecular weight is 195 g/mol. The van der Waals surface area contributed by atoms with Gasteiger partial charge < -0.3 is 16.0 Å². The van der Waals surface area contributed by atoms with Gasteiger partial charge in [-0.2, -0.15) is 0 Å². The van der Waals surface area contributed by atoms with Crippen molar-refractivity contribution < 1.29 is 4.79 Å². The van der Waals surface area contributed by atoms with Crippen molar-refractivity contribution in [3.05, 3.63) is 28.2 Å². The highest BCUT2D eigenvalue weighted by molar-refractivity contribution is 5.94. The quantitative estimate of drug-likeness (QED) is 0.619. The minimum atomic E-state index is -0.567. The Balaban J connectivity index is 2.83. The van der Waals surface area contributed by atoms with Gasteiger partial charge in [-0.3, -0.25) is 9.59 Å². The molecule has 0 bridgehead atoms. The number of carbonyl (C=O) groups is 1. The third kappa shape index (κ3) is 2.43. The molecule has 0 radical (unpaired) electrons. The molecule has 1 atom stereocenters. The van der Waals surface area contributed by atoms with E-state index < -0.39 is 6.04 Å². The Morgan fingerprint density at radius 3 is 2.79 bits per heavy atom. The Morgan fingerprint density at radius 1 is 1.64 bits per heavy atom. The van der Waals surface area contributed by atoms with Gasteiger partial charge in [0.15, 0.2) is 0 Å². The number of carbonyl (C=O) groups excluding carboxylic acids is 1. The molecule has 0 aliphatic rings. The molecular formula is C9H13N3O2. The lowest BCUT2D eigenvalue weighted by atomic mass is 10.2. The van der Waals surface area contributed by atoms with Crippen molar-refractivity contribution >= 4 is 11.6 Å². The first-order valence-corrected chi connectivity index (χ1v) is 4.26. The predicted octanol–water partition coefficient (Wildman–Crippen LogP) is -0.0310. The minimum absolute atomic E-state index is 0.163. The van der Waals surface area contributed by atoms with Crippen molar-refractivity contribution in [3.63, 3.8) is 0 Å². The minimum Gasteiger partial charge on any atom is -0.327 e. The molecule has 5 nitrogen and oxygen atoms in total. The number of hydrogen-bond donors (Lipinski definition) is 3. The van der Waals surface area contributed by atoms with E-state index in [1.807, 2.05) is 0 Å². The maximum absolute atomic E-state index is 11.2. The second kappa shape index (κ2) is 4.06. The monoisotopic (exact) mass is 195 g/mol. The van der Waals surface area contributed by atoms with Crippen molar-refractivity contribution in [1.82, 2.24) is 4.98 Å². The molecule has 5 heteroatoms. The van der Waals surface area contributed by atoms with Crippen LogP contribution < -0.4 is 16.6 Å². The second-order valence-corrected chi connectivity index (χ2v) is 3.18. The number of rotatable bonds is 2. The molecule has 0 fully saturated rings. The average Bonchev–Trinajstić information content (AvgIpc) is 2.11. The Labute approximate surface area is 81.3 Å². The van der Waals surface area contributed by atoms with E-state index in [0.29, 0.717) is 11.3 Å². The van der Waals surface area contributed by atoms with E-state index in [1.54, 1.807) is 19.9 Å². The highest BCUT2D eigenvalue weighted by atomic mass is 16.2. The first-order chi connectivity index (χ1) is 6.50. The molecule has 0 saturated heterocycles. The lowest BCUT2D eigenvalue weighted by molar-refractivity contribution is -0.117. The zero-order valence-electron chi connectivity index (χ0n) is 8.13. The van der Waals surface area contributed by atoms with Gasteiger partial charge in [0.25, 0.3) is 5.56 Å². The Hall–Kier alpha value is -1.62. The molecule has 1 amide bonds. The molecular weight excluding hydrogens is 182 g/mol. The maximum Gasteiger partial charge on any atom is 0.250 e. The fraction of sp³-hybridized carbons (Fsp3) is 0.333. The third-order valence-corrected chi connectivity index (χ3v) is 1.77. The summed E-state index contributed by atoms with van der Waals surface area (Å²) in [6, 6.07) is 1.03. The zero-order valence-corrected chi connectivity index (χ0v) is 8.13. The van der Waals surface area contributed by atoms with E-state index in [4.69, 9.17) is 5.73 Å². The summed E-state index contributed by atoms with van der Waals surface area (Å²) in [7, 11) is 0. The van der Waals surface area contributed by atoms with Gasteiger partial charge in [-0.1, -0.05) is 0 Å². The molecule has 0 spiro atoms. The van der Waals surface area contributed by atoms with Crippen LogP contribution in [0.4, 0.5) is 5.69 Å². The van der Waals surface area contributed by atoms with Crippen LogP contribution in [0.5, 0.6) is 0 Å². The normalized spacial score (nSPS) is 12.2. The Kier molecular flexibility index (Phi) is 3.03. The zero-order chi connectivity index (χ0) is 10.7. The standard InChI is InChI=1S/C9H13N3O2/c1-5-3-7(4-11-8(5)13)12-9(14)6(2)10/h3-4,6H,10H2,1-2H3,(H,11,13)(H,12,14). The van der Waals surface area contributed by atoms with Gasteiger partial charge in [-0.05, 0) is 19.9 Å². The van der Waals surface area contributed by atoms with Crippen LogP contribution >= 0.6 is 0 Å². The van der Waals surface area contributed by atoms with Crippen molar-refractivity contribution in [2.45, 2.75) is 19.9 Å². The largest absolute Gasteiger partial charge is 0.327 e. The fourth-order valence-corrected chi connectivity index (χ4v) is 0.926. The van der Waals surface area contributed by atoms with Gasteiger partial charge in [-0.25, -0.2) is 0 Å². The van der Waals surface area contributed by atoms with Crippen LogP contribution in [0, 0.1) is 6.92 Å². The highest BCUT2D eigenvalue weighted by Crippen LogP contribution is 2.04. The van der Waals surface area contributed by atoms with Crippen molar-refractivity contribution in [3.8, 4) is 0 Å². The molecule has 1 aromatic heterocycles. The molecule has 0 aliphatic heterocycles. The van der Waals surface area contributed by atoms with Crippen molar-refractivity contribution in [2.75, 3.05) is 5.32 Å². The number of pyridine rings is 1. The van der Waals surface area contributed by atoms with E-state index >= 15 is 0 Å². The van der Waals surface area contributed by atoms with E-state index in [2.05, 4.69) is 10.3 Å². The van der Waals surface area contributed by atoms with Crippen LogP contribution in [-0.4, -0.2) is 16.9 Å². The number of aromatic amines is 1. The first-order valence-electron chi connectivity index (χ1n) is 4.26. The van der Waals surface area contributed by atoms with Crippen LogP contribution in [0.15, 0.2) is 17.1 Å². The first kappa shape index (κ1) is 10.5. The molecule has 76 valence electrons. The van der Waals surface area contributed by atoms with Gasteiger partial charge in [0, 0.05) is 11.8 Å². The predicted molar refractivity (Wildman–Crippen MR) is 54.1 cm³/mol. The van der Waals surface area contributed by atoms with Gasteiger partial charge in [-0.15, -0.1) is 0 Å². The SMILES string of the molecule is Cc1cc(NC(=O)C(C)N)c[nH]c1=O. The molecule has 0 aliphatic carbocycles. The Morgan fingerprint density at radius 2 is 2.29 bits per heavy atom. The van der Waals surface area contributed by atoms with Crippen LogP contribution in [0.2, 0.25) is 0 Å². The number of aromatic nitrogens is 1. The number of amides is 1. The molecule has 1 unspecified atom stereocenters. The number of nitrogens with two attached hydrogens (primary N) is 1. The maximum atomic E-state index is 11.2.